The number of nitrogens with zero attached hydrogens (tertiary/aromatic N) is 1. The summed E-state index contributed by atoms with van der Waals surface area (Å²) in [7, 11) is 0. The summed E-state index contributed by atoms with van der Waals surface area (Å²) in [5, 5.41) is 13.2. The fraction of sp³-hybridized carbons (Fsp3) is 0.100. The number of aliphatic hydroxyl groups excluding tert-OH is 1. The van der Waals surface area contributed by atoms with Crippen LogP contribution in [-0.4, -0.2) is 10.3 Å². The molecule has 0 radical (unpaired) electrons. The quantitative estimate of drug-likeness (QED) is 0.827. The molecular weight excluding hydrogens is 202 g/mol. The molecule has 0 aliphatic carbocycles. The van der Waals surface area contributed by atoms with E-state index in [1.165, 1.54) is 0 Å². The van der Waals surface area contributed by atoms with E-state index in [0.717, 1.165) is 11.1 Å². The Labute approximate surface area is 85.9 Å². The lowest BCUT2D eigenvalue weighted by atomic mass is 10.1. The highest BCUT2D eigenvalue weighted by atomic mass is 35.5. The standard InChI is InChI=1S/C10H8ClNO2/c11-9-4-2-1-3-7(9)8-5-12-14-10(8)6-13/h1-5,13H,6H2. The lowest BCUT2D eigenvalue weighted by Gasteiger charge is -2.00. The zero-order valence-electron chi connectivity index (χ0n) is 7.27. The van der Waals surface area contributed by atoms with Crippen LogP contribution in [0.5, 0.6) is 0 Å². The molecule has 1 aromatic heterocycles. The van der Waals surface area contributed by atoms with Gasteiger partial charge < -0.3 is 9.63 Å². The Balaban J connectivity index is 2.54. The van der Waals surface area contributed by atoms with Gasteiger partial charge in [0.05, 0.1) is 6.20 Å². The molecule has 0 fully saturated rings. The van der Waals surface area contributed by atoms with Gasteiger partial charge in [-0.1, -0.05) is 35.0 Å². The Morgan fingerprint density at radius 3 is 2.79 bits per heavy atom. The number of hydrogen-bond donors (Lipinski definition) is 1. The summed E-state index contributed by atoms with van der Waals surface area (Å²) in [6.45, 7) is -0.180. The number of hydrogen-bond acceptors (Lipinski definition) is 3. The lowest BCUT2D eigenvalue weighted by molar-refractivity contribution is 0.229. The molecule has 0 unspecified atom stereocenters. The molecule has 2 aromatic rings. The van der Waals surface area contributed by atoms with Crippen LogP contribution in [0, 0.1) is 0 Å². The first-order chi connectivity index (χ1) is 6.83. The third kappa shape index (κ3) is 1.52. The Hall–Kier alpha value is -1.32. The Bertz CT molecular complexity index is 439. The lowest BCUT2D eigenvalue weighted by Crippen LogP contribution is -1.84. The molecule has 0 amide bonds. The number of aliphatic hydroxyl groups is 1. The molecule has 0 spiro atoms. The molecule has 0 bridgehead atoms. The van der Waals surface area contributed by atoms with Gasteiger partial charge in [-0.15, -0.1) is 0 Å². The Kier molecular flexibility index (Phi) is 2.52. The second kappa shape index (κ2) is 3.82. The summed E-state index contributed by atoms with van der Waals surface area (Å²) in [6.07, 6.45) is 1.55. The average Bonchev–Trinajstić information content (AvgIpc) is 2.66. The van der Waals surface area contributed by atoms with E-state index in [0.29, 0.717) is 10.8 Å². The van der Waals surface area contributed by atoms with Gasteiger partial charge in [0, 0.05) is 16.1 Å². The maximum Gasteiger partial charge on any atom is 0.169 e. The fourth-order valence-corrected chi connectivity index (χ4v) is 1.51. The summed E-state index contributed by atoms with van der Waals surface area (Å²) in [5.41, 5.74) is 1.55. The summed E-state index contributed by atoms with van der Waals surface area (Å²) in [5.74, 6) is 0.429. The first-order valence-corrected chi connectivity index (χ1v) is 4.50. The van der Waals surface area contributed by atoms with Crippen molar-refractivity contribution in [2.75, 3.05) is 0 Å². The van der Waals surface area contributed by atoms with Gasteiger partial charge in [0.1, 0.15) is 6.61 Å². The third-order valence-electron chi connectivity index (χ3n) is 1.95. The van der Waals surface area contributed by atoms with Gasteiger partial charge in [-0.05, 0) is 6.07 Å². The van der Waals surface area contributed by atoms with Crippen molar-refractivity contribution in [3.05, 3.63) is 41.2 Å². The van der Waals surface area contributed by atoms with Gasteiger partial charge in [0.15, 0.2) is 5.76 Å². The van der Waals surface area contributed by atoms with Crippen LogP contribution in [0.3, 0.4) is 0 Å². The summed E-state index contributed by atoms with van der Waals surface area (Å²) < 4.78 is 4.86. The van der Waals surface area contributed by atoms with Gasteiger partial charge in [-0.3, -0.25) is 0 Å². The topological polar surface area (TPSA) is 46.3 Å². The number of halogens is 1. The minimum Gasteiger partial charge on any atom is -0.388 e. The van der Waals surface area contributed by atoms with E-state index < -0.39 is 0 Å². The molecule has 1 heterocycles. The minimum absolute atomic E-state index is 0.180. The van der Waals surface area contributed by atoms with Gasteiger partial charge in [0.2, 0.25) is 0 Å². The minimum atomic E-state index is -0.180. The van der Waals surface area contributed by atoms with Crippen LogP contribution < -0.4 is 0 Å². The molecule has 0 atom stereocenters. The van der Waals surface area contributed by atoms with Crippen molar-refractivity contribution in [3.63, 3.8) is 0 Å². The van der Waals surface area contributed by atoms with Gasteiger partial charge >= 0.3 is 0 Å². The van der Waals surface area contributed by atoms with Crippen LogP contribution >= 0.6 is 11.6 Å². The van der Waals surface area contributed by atoms with E-state index in [9.17, 15) is 0 Å². The largest absolute Gasteiger partial charge is 0.388 e. The first kappa shape index (κ1) is 9.24. The van der Waals surface area contributed by atoms with E-state index in [2.05, 4.69) is 5.16 Å². The van der Waals surface area contributed by atoms with E-state index in [1.807, 2.05) is 18.2 Å². The van der Waals surface area contributed by atoms with Crippen molar-refractivity contribution in [3.8, 4) is 11.1 Å². The SMILES string of the molecule is OCc1oncc1-c1ccccc1Cl. The molecule has 0 aliphatic heterocycles. The highest BCUT2D eigenvalue weighted by molar-refractivity contribution is 6.33. The predicted octanol–water partition coefficient (Wildman–Crippen LogP) is 2.49. The van der Waals surface area contributed by atoms with Crippen LogP contribution in [-0.2, 0) is 6.61 Å². The number of rotatable bonds is 2. The second-order valence-electron chi connectivity index (χ2n) is 2.80. The molecule has 14 heavy (non-hydrogen) atoms. The number of aromatic nitrogens is 1. The molecule has 1 N–H and O–H groups in total. The van der Waals surface area contributed by atoms with Crippen LogP contribution in [0.15, 0.2) is 35.0 Å². The van der Waals surface area contributed by atoms with Crippen LogP contribution in [0.4, 0.5) is 0 Å². The van der Waals surface area contributed by atoms with Crippen LogP contribution in [0.1, 0.15) is 5.76 Å². The number of benzene rings is 1. The molecule has 0 saturated heterocycles. The third-order valence-corrected chi connectivity index (χ3v) is 2.28. The molecular formula is C10H8ClNO2. The fourth-order valence-electron chi connectivity index (χ4n) is 1.28. The maximum atomic E-state index is 8.98. The monoisotopic (exact) mass is 209 g/mol. The van der Waals surface area contributed by atoms with E-state index in [1.54, 1.807) is 12.3 Å². The van der Waals surface area contributed by atoms with Crippen LogP contribution in [0.2, 0.25) is 5.02 Å². The van der Waals surface area contributed by atoms with Crippen molar-refractivity contribution in [1.82, 2.24) is 5.16 Å². The molecule has 0 saturated carbocycles. The smallest absolute Gasteiger partial charge is 0.169 e. The van der Waals surface area contributed by atoms with E-state index in [-0.39, 0.29) is 6.61 Å². The highest BCUT2D eigenvalue weighted by Crippen LogP contribution is 2.29. The van der Waals surface area contributed by atoms with Crippen molar-refractivity contribution in [2.45, 2.75) is 6.61 Å². The average molecular weight is 210 g/mol. The van der Waals surface area contributed by atoms with Gasteiger partial charge in [0.25, 0.3) is 0 Å². The predicted molar refractivity (Wildman–Crippen MR) is 52.9 cm³/mol. The van der Waals surface area contributed by atoms with Crippen LogP contribution in [0.25, 0.3) is 11.1 Å². The molecule has 3 nitrogen and oxygen atoms in total. The first-order valence-electron chi connectivity index (χ1n) is 4.12. The highest BCUT2D eigenvalue weighted by Gasteiger charge is 2.11. The Morgan fingerprint density at radius 2 is 2.07 bits per heavy atom. The zero-order chi connectivity index (χ0) is 9.97. The normalized spacial score (nSPS) is 10.4. The zero-order valence-corrected chi connectivity index (χ0v) is 8.03. The molecule has 2 rings (SSSR count). The summed E-state index contributed by atoms with van der Waals surface area (Å²) >= 11 is 5.99. The van der Waals surface area contributed by atoms with Crippen molar-refractivity contribution >= 4 is 11.6 Å². The maximum absolute atomic E-state index is 8.98. The summed E-state index contributed by atoms with van der Waals surface area (Å²) in [4.78, 5) is 0. The second-order valence-corrected chi connectivity index (χ2v) is 3.21. The molecule has 72 valence electrons. The molecule has 1 aromatic carbocycles. The molecule has 4 heteroatoms. The molecule has 0 aliphatic rings. The summed E-state index contributed by atoms with van der Waals surface area (Å²) in [6, 6.07) is 7.35. The van der Waals surface area contributed by atoms with Crippen molar-refractivity contribution in [2.24, 2.45) is 0 Å². The van der Waals surface area contributed by atoms with Crippen molar-refractivity contribution in [1.29, 1.82) is 0 Å². The van der Waals surface area contributed by atoms with E-state index in [4.69, 9.17) is 21.2 Å². The van der Waals surface area contributed by atoms with Gasteiger partial charge in [-0.2, -0.15) is 0 Å². The van der Waals surface area contributed by atoms with Gasteiger partial charge in [-0.25, -0.2) is 0 Å². The van der Waals surface area contributed by atoms with E-state index >= 15 is 0 Å². The van der Waals surface area contributed by atoms with Crippen molar-refractivity contribution < 1.29 is 9.63 Å². The Morgan fingerprint density at radius 1 is 1.29 bits per heavy atom.